The largest absolute Gasteiger partial charge is 0.391 e. The van der Waals surface area contributed by atoms with E-state index in [4.69, 9.17) is 0 Å². The molecule has 1 aromatic heterocycles. The van der Waals surface area contributed by atoms with Crippen molar-refractivity contribution in [2.75, 3.05) is 0 Å². The van der Waals surface area contributed by atoms with Crippen LogP contribution in [-0.2, 0) is 0 Å². The first-order chi connectivity index (χ1) is 5.79. The summed E-state index contributed by atoms with van der Waals surface area (Å²) in [6.45, 7) is 1.98. The first-order valence-corrected chi connectivity index (χ1v) is 4.46. The quantitative estimate of drug-likeness (QED) is 0.682. The van der Waals surface area contributed by atoms with Gasteiger partial charge in [-0.3, -0.25) is 0 Å². The minimum Gasteiger partial charge on any atom is -0.391 e. The Kier molecular flexibility index (Phi) is 1.89. The highest BCUT2D eigenvalue weighted by atomic mass is 16.3. The number of aliphatic hydroxyl groups is 1. The summed E-state index contributed by atoms with van der Waals surface area (Å²) in [4.78, 5) is 4.15. The van der Waals surface area contributed by atoms with Gasteiger partial charge in [0.1, 0.15) is 5.82 Å². The van der Waals surface area contributed by atoms with Crippen molar-refractivity contribution in [2.24, 2.45) is 0 Å². The molecular weight excluding hydrogens is 152 g/mol. The first kappa shape index (κ1) is 7.80. The number of hydrogen-bond donors (Lipinski definition) is 1. The summed E-state index contributed by atoms with van der Waals surface area (Å²) < 4.78 is 2.08. The van der Waals surface area contributed by atoms with Crippen LogP contribution in [0.5, 0.6) is 0 Å². The molecule has 1 N–H and O–H groups in total. The van der Waals surface area contributed by atoms with E-state index in [2.05, 4.69) is 9.55 Å². The van der Waals surface area contributed by atoms with Gasteiger partial charge in [0.2, 0.25) is 0 Å². The molecule has 0 aromatic carbocycles. The zero-order chi connectivity index (χ0) is 8.55. The topological polar surface area (TPSA) is 38.0 Å². The van der Waals surface area contributed by atoms with Gasteiger partial charge < -0.3 is 9.67 Å². The predicted octanol–water partition coefficient (Wildman–Crippen LogP) is 1.28. The molecule has 0 saturated heterocycles. The molecule has 0 aliphatic heterocycles. The summed E-state index contributed by atoms with van der Waals surface area (Å²) in [6, 6.07) is 0.271. The van der Waals surface area contributed by atoms with Crippen LogP contribution < -0.4 is 0 Å². The van der Waals surface area contributed by atoms with Gasteiger partial charge in [0.15, 0.2) is 0 Å². The van der Waals surface area contributed by atoms with Crippen LogP contribution >= 0.6 is 0 Å². The van der Waals surface area contributed by atoms with Gasteiger partial charge in [0, 0.05) is 12.4 Å². The fourth-order valence-corrected chi connectivity index (χ4v) is 1.98. The second-order valence-electron chi connectivity index (χ2n) is 3.45. The van der Waals surface area contributed by atoms with Crippen molar-refractivity contribution < 1.29 is 5.11 Å². The molecule has 2 atom stereocenters. The van der Waals surface area contributed by atoms with E-state index in [1.807, 2.05) is 13.1 Å². The molecular formula is C9H14N2O. The highest BCUT2D eigenvalue weighted by Crippen LogP contribution is 2.30. The molecule has 12 heavy (non-hydrogen) atoms. The lowest BCUT2D eigenvalue weighted by atomic mass is 10.2. The van der Waals surface area contributed by atoms with Crippen LogP contribution in [0.15, 0.2) is 12.4 Å². The number of imidazole rings is 1. The lowest BCUT2D eigenvalue weighted by molar-refractivity contribution is 0.135. The summed E-state index contributed by atoms with van der Waals surface area (Å²) in [5.41, 5.74) is 0. The smallest absolute Gasteiger partial charge is 0.105 e. The number of rotatable bonds is 1. The van der Waals surface area contributed by atoms with Crippen LogP contribution in [-0.4, -0.2) is 20.8 Å². The van der Waals surface area contributed by atoms with E-state index < -0.39 is 0 Å². The molecule has 0 bridgehead atoms. The molecule has 0 amide bonds. The van der Waals surface area contributed by atoms with Crippen LogP contribution in [0.1, 0.15) is 31.1 Å². The van der Waals surface area contributed by atoms with Crippen molar-refractivity contribution in [3.05, 3.63) is 18.2 Å². The Labute approximate surface area is 72.0 Å². The van der Waals surface area contributed by atoms with Crippen LogP contribution in [0.4, 0.5) is 0 Å². The molecule has 1 fully saturated rings. The molecule has 3 nitrogen and oxygen atoms in total. The molecule has 1 heterocycles. The predicted molar refractivity (Wildman–Crippen MR) is 45.9 cm³/mol. The normalized spacial score (nSPS) is 29.5. The van der Waals surface area contributed by atoms with Crippen molar-refractivity contribution in [1.82, 2.24) is 9.55 Å². The van der Waals surface area contributed by atoms with Gasteiger partial charge in [0.05, 0.1) is 12.1 Å². The second-order valence-corrected chi connectivity index (χ2v) is 3.45. The Bertz CT molecular complexity index is 269. The van der Waals surface area contributed by atoms with E-state index in [0.29, 0.717) is 0 Å². The van der Waals surface area contributed by atoms with Crippen LogP contribution in [0, 0.1) is 6.92 Å². The van der Waals surface area contributed by atoms with Crippen molar-refractivity contribution in [3.63, 3.8) is 0 Å². The summed E-state index contributed by atoms with van der Waals surface area (Å²) in [6.07, 6.45) is 6.72. The third-order valence-corrected chi connectivity index (χ3v) is 2.66. The zero-order valence-corrected chi connectivity index (χ0v) is 7.27. The molecule has 66 valence electrons. The van der Waals surface area contributed by atoms with E-state index in [-0.39, 0.29) is 12.1 Å². The molecule has 0 unspecified atom stereocenters. The lowest BCUT2D eigenvalue weighted by Crippen LogP contribution is -2.18. The van der Waals surface area contributed by atoms with E-state index >= 15 is 0 Å². The monoisotopic (exact) mass is 166 g/mol. The van der Waals surface area contributed by atoms with Gasteiger partial charge in [0.25, 0.3) is 0 Å². The van der Waals surface area contributed by atoms with Crippen molar-refractivity contribution in [3.8, 4) is 0 Å². The van der Waals surface area contributed by atoms with Gasteiger partial charge in [-0.05, 0) is 26.2 Å². The van der Waals surface area contributed by atoms with Crippen LogP contribution in [0.2, 0.25) is 0 Å². The zero-order valence-electron chi connectivity index (χ0n) is 7.27. The van der Waals surface area contributed by atoms with Crippen molar-refractivity contribution in [2.45, 2.75) is 38.3 Å². The highest BCUT2D eigenvalue weighted by Gasteiger charge is 2.26. The maximum absolute atomic E-state index is 9.64. The summed E-state index contributed by atoms with van der Waals surface area (Å²) in [5, 5.41) is 9.64. The number of nitrogens with zero attached hydrogens (tertiary/aromatic N) is 2. The van der Waals surface area contributed by atoms with Crippen molar-refractivity contribution in [1.29, 1.82) is 0 Å². The molecule has 0 radical (unpaired) electrons. The summed E-state index contributed by atoms with van der Waals surface area (Å²) in [7, 11) is 0. The Balaban J connectivity index is 2.24. The third kappa shape index (κ3) is 1.14. The van der Waals surface area contributed by atoms with Crippen LogP contribution in [0.25, 0.3) is 0 Å². The SMILES string of the molecule is Cc1nccn1[C@H]1CCC[C@@H]1O. The summed E-state index contributed by atoms with van der Waals surface area (Å²) in [5.74, 6) is 1.00. The molecule has 2 rings (SSSR count). The molecule has 1 aliphatic rings. The van der Waals surface area contributed by atoms with Gasteiger partial charge in [-0.15, -0.1) is 0 Å². The number of hydrogen-bond acceptors (Lipinski definition) is 2. The van der Waals surface area contributed by atoms with E-state index in [1.165, 1.54) is 0 Å². The maximum atomic E-state index is 9.64. The fourth-order valence-electron chi connectivity index (χ4n) is 1.98. The van der Waals surface area contributed by atoms with E-state index in [0.717, 1.165) is 25.1 Å². The standard InChI is InChI=1S/C9H14N2O/c1-7-10-5-6-11(7)8-3-2-4-9(8)12/h5-6,8-9,12H,2-4H2,1H3/t8-,9-/m0/s1. The highest BCUT2D eigenvalue weighted by molar-refractivity contribution is 4.96. The summed E-state index contributed by atoms with van der Waals surface area (Å²) >= 11 is 0. The van der Waals surface area contributed by atoms with Crippen molar-refractivity contribution >= 4 is 0 Å². The maximum Gasteiger partial charge on any atom is 0.105 e. The van der Waals surface area contributed by atoms with Gasteiger partial charge in [-0.1, -0.05) is 0 Å². The third-order valence-electron chi connectivity index (χ3n) is 2.66. The lowest BCUT2D eigenvalue weighted by Gasteiger charge is -2.17. The van der Waals surface area contributed by atoms with E-state index in [1.54, 1.807) is 6.20 Å². The first-order valence-electron chi connectivity index (χ1n) is 4.46. The molecule has 3 heteroatoms. The molecule has 1 saturated carbocycles. The minimum atomic E-state index is -0.169. The molecule has 1 aliphatic carbocycles. The van der Waals surface area contributed by atoms with Gasteiger partial charge in [-0.2, -0.15) is 0 Å². The van der Waals surface area contributed by atoms with Gasteiger partial charge >= 0.3 is 0 Å². The molecule has 0 spiro atoms. The van der Waals surface area contributed by atoms with Crippen LogP contribution in [0.3, 0.4) is 0 Å². The average molecular weight is 166 g/mol. The van der Waals surface area contributed by atoms with E-state index in [9.17, 15) is 5.11 Å². The minimum absolute atomic E-state index is 0.169. The Hall–Kier alpha value is -0.830. The number of aromatic nitrogens is 2. The number of aliphatic hydroxyl groups excluding tert-OH is 1. The Morgan fingerprint density at radius 3 is 2.92 bits per heavy atom. The Morgan fingerprint density at radius 2 is 2.42 bits per heavy atom. The fraction of sp³-hybridized carbons (Fsp3) is 0.667. The average Bonchev–Trinajstić information content (AvgIpc) is 2.59. The number of aryl methyl sites for hydroxylation is 1. The molecule has 1 aromatic rings. The van der Waals surface area contributed by atoms with Gasteiger partial charge in [-0.25, -0.2) is 4.98 Å². The second kappa shape index (κ2) is 2.90. The Morgan fingerprint density at radius 1 is 1.58 bits per heavy atom.